The summed E-state index contributed by atoms with van der Waals surface area (Å²) >= 11 is 6.31. The minimum atomic E-state index is -0.395. The molecule has 1 aromatic heterocycles. The molecule has 0 radical (unpaired) electrons. The quantitative estimate of drug-likeness (QED) is 0.638. The molecule has 5 nitrogen and oxygen atoms in total. The van der Waals surface area contributed by atoms with Gasteiger partial charge in [0.25, 0.3) is 0 Å². The van der Waals surface area contributed by atoms with E-state index in [2.05, 4.69) is 10.4 Å². The van der Waals surface area contributed by atoms with Crippen LogP contribution >= 0.6 is 11.6 Å². The van der Waals surface area contributed by atoms with Gasteiger partial charge < -0.3 is 4.90 Å². The van der Waals surface area contributed by atoms with Crippen LogP contribution in [0.15, 0.2) is 54.9 Å². The molecule has 3 aromatic rings. The average Bonchev–Trinajstić information content (AvgIpc) is 3.09. The van der Waals surface area contributed by atoms with Crippen molar-refractivity contribution in [2.24, 2.45) is 7.05 Å². The number of hydrogen-bond acceptors (Lipinski definition) is 3. The second-order valence-corrected chi connectivity index (χ2v) is 7.57. The first-order chi connectivity index (χ1) is 13.8. The van der Waals surface area contributed by atoms with Gasteiger partial charge in [0.2, 0.25) is 5.91 Å². The summed E-state index contributed by atoms with van der Waals surface area (Å²) in [4.78, 5) is 14.3. The molecule has 0 saturated carbocycles. The van der Waals surface area contributed by atoms with Gasteiger partial charge in [0.1, 0.15) is 5.82 Å². The molecular formula is C22H24ClFN4O. The summed E-state index contributed by atoms with van der Waals surface area (Å²) < 4.78 is 15.2. The van der Waals surface area contributed by atoms with Crippen molar-refractivity contribution in [3.8, 4) is 0 Å². The Balaban J connectivity index is 1.76. The molecular weight excluding hydrogens is 391 g/mol. The lowest BCUT2D eigenvalue weighted by molar-refractivity contribution is -0.129. The van der Waals surface area contributed by atoms with Gasteiger partial charge in [-0.2, -0.15) is 5.10 Å². The molecule has 0 aliphatic rings. The first-order valence-electron chi connectivity index (χ1n) is 9.30. The maximum absolute atomic E-state index is 13.5. The Kier molecular flexibility index (Phi) is 6.67. The van der Waals surface area contributed by atoms with Crippen molar-refractivity contribution in [2.75, 3.05) is 13.6 Å². The van der Waals surface area contributed by atoms with Crippen LogP contribution in [0.2, 0.25) is 5.02 Å². The van der Waals surface area contributed by atoms with Gasteiger partial charge in [-0.3, -0.25) is 14.8 Å². The minimum Gasteiger partial charge on any atom is -0.340 e. The van der Waals surface area contributed by atoms with Crippen LogP contribution < -0.4 is 5.32 Å². The number of nitrogens with zero attached hydrogens (tertiary/aromatic N) is 3. The smallest absolute Gasteiger partial charge is 0.236 e. The van der Waals surface area contributed by atoms with E-state index in [1.807, 2.05) is 44.4 Å². The van der Waals surface area contributed by atoms with Crippen molar-refractivity contribution < 1.29 is 9.18 Å². The summed E-state index contributed by atoms with van der Waals surface area (Å²) in [5, 5.41) is 7.73. The van der Waals surface area contributed by atoms with E-state index in [1.165, 1.54) is 12.1 Å². The monoisotopic (exact) mass is 414 g/mol. The van der Waals surface area contributed by atoms with Crippen LogP contribution in [-0.4, -0.2) is 34.2 Å². The van der Waals surface area contributed by atoms with E-state index >= 15 is 0 Å². The number of nitrogens with one attached hydrogen (secondary N) is 1. The molecule has 0 spiro atoms. The molecule has 1 N–H and O–H groups in total. The highest BCUT2D eigenvalue weighted by molar-refractivity contribution is 6.31. The van der Waals surface area contributed by atoms with Crippen LogP contribution in [0, 0.1) is 12.7 Å². The van der Waals surface area contributed by atoms with Crippen molar-refractivity contribution in [3.05, 3.63) is 88.0 Å². The zero-order chi connectivity index (χ0) is 21.0. The van der Waals surface area contributed by atoms with Gasteiger partial charge in [-0.1, -0.05) is 47.5 Å². The van der Waals surface area contributed by atoms with Crippen LogP contribution in [-0.2, 0) is 18.4 Å². The third-order valence-corrected chi connectivity index (χ3v) is 5.07. The van der Waals surface area contributed by atoms with Gasteiger partial charge in [-0.05, 0) is 30.2 Å². The Morgan fingerprint density at radius 1 is 1.28 bits per heavy atom. The molecule has 1 atom stereocenters. The second kappa shape index (κ2) is 9.20. The lowest BCUT2D eigenvalue weighted by Gasteiger charge is -2.23. The number of halogens is 2. The zero-order valence-corrected chi connectivity index (χ0v) is 17.4. The predicted octanol–water partition coefficient (Wildman–Crippen LogP) is 3.86. The Bertz CT molecular complexity index is 987. The Morgan fingerprint density at radius 2 is 2.00 bits per heavy atom. The molecule has 2 aromatic carbocycles. The van der Waals surface area contributed by atoms with E-state index in [1.54, 1.807) is 28.9 Å². The van der Waals surface area contributed by atoms with Gasteiger partial charge in [0.05, 0.1) is 18.8 Å². The van der Waals surface area contributed by atoms with Crippen LogP contribution in [0.4, 0.5) is 4.39 Å². The van der Waals surface area contributed by atoms with Gasteiger partial charge >= 0.3 is 0 Å². The molecule has 7 heteroatoms. The molecule has 1 unspecified atom stereocenters. The lowest BCUT2D eigenvalue weighted by Crippen LogP contribution is -2.37. The predicted molar refractivity (Wildman–Crippen MR) is 112 cm³/mol. The van der Waals surface area contributed by atoms with Crippen molar-refractivity contribution in [1.29, 1.82) is 0 Å². The van der Waals surface area contributed by atoms with E-state index in [-0.39, 0.29) is 18.5 Å². The van der Waals surface area contributed by atoms with Crippen molar-refractivity contribution >= 4 is 17.5 Å². The molecule has 0 aliphatic heterocycles. The molecule has 0 aliphatic carbocycles. The first kappa shape index (κ1) is 21.0. The highest BCUT2D eigenvalue weighted by atomic mass is 35.5. The van der Waals surface area contributed by atoms with Crippen LogP contribution in [0.3, 0.4) is 0 Å². The van der Waals surface area contributed by atoms with E-state index in [9.17, 15) is 9.18 Å². The fourth-order valence-electron chi connectivity index (χ4n) is 3.14. The van der Waals surface area contributed by atoms with Crippen molar-refractivity contribution in [3.63, 3.8) is 0 Å². The number of amides is 1. The summed E-state index contributed by atoms with van der Waals surface area (Å²) in [7, 11) is 3.59. The number of benzene rings is 2. The lowest BCUT2D eigenvalue weighted by atomic mass is 9.97. The third kappa shape index (κ3) is 5.43. The van der Waals surface area contributed by atoms with Gasteiger partial charge in [0.15, 0.2) is 0 Å². The van der Waals surface area contributed by atoms with Crippen molar-refractivity contribution in [1.82, 2.24) is 20.0 Å². The maximum atomic E-state index is 13.5. The van der Waals surface area contributed by atoms with Crippen LogP contribution in [0.1, 0.15) is 28.3 Å². The van der Waals surface area contributed by atoms with Gasteiger partial charge in [-0.15, -0.1) is 0 Å². The number of carbonyl (C=O) groups excluding carboxylic acids is 1. The average molecular weight is 415 g/mol. The fraction of sp³-hybridized carbons (Fsp3) is 0.273. The van der Waals surface area contributed by atoms with Crippen LogP contribution in [0.25, 0.3) is 0 Å². The van der Waals surface area contributed by atoms with Gasteiger partial charge in [0, 0.05) is 37.4 Å². The summed E-state index contributed by atoms with van der Waals surface area (Å²) in [6, 6.07) is 11.9. The molecule has 0 fully saturated rings. The Hall–Kier alpha value is -2.70. The van der Waals surface area contributed by atoms with Gasteiger partial charge in [-0.25, -0.2) is 4.39 Å². The highest BCUT2D eigenvalue weighted by Gasteiger charge is 2.19. The molecule has 0 saturated heterocycles. The molecule has 29 heavy (non-hydrogen) atoms. The molecule has 152 valence electrons. The number of rotatable bonds is 7. The van der Waals surface area contributed by atoms with E-state index in [0.29, 0.717) is 11.6 Å². The normalized spacial score (nSPS) is 12.0. The largest absolute Gasteiger partial charge is 0.340 e. The molecule has 1 heterocycles. The number of likely N-dealkylation sites (N-methyl/N-ethyl adjacent to an activating group) is 1. The number of carbonyl (C=O) groups is 1. The summed E-state index contributed by atoms with van der Waals surface area (Å²) in [6.45, 7) is 2.60. The topological polar surface area (TPSA) is 50.2 Å². The molecule has 0 bridgehead atoms. The summed E-state index contributed by atoms with van der Waals surface area (Å²) in [5.74, 6) is -0.460. The second-order valence-electron chi connectivity index (χ2n) is 7.16. The molecule has 3 rings (SSSR count). The summed E-state index contributed by atoms with van der Waals surface area (Å²) in [6.07, 6.45) is 3.62. The number of aryl methyl sites for hydroxylation is 2. The minimum absolute atomic E-state index is 0.0656. The zero-order valence-electron chi connectivity index (χ0n) is 16.7. The fourth-order valence-corrected chi connectivity index (χ4v) is 3.42. The standard InChI is InChI=1S/C22H24ClFN4O/c1-15-4-6-17(7-5-15)22(19-9-8-18(24)10-20(19)23)25-12-21(29)27(2)13-16-11-26-28(3)14-16/h4-11,14,22,25H,12-13H2,1-3H3. The van der Waals surface area contributed by atoms with Crippen molar-refractivity contribution in [2.45, 2.75) is 19.5 Å². The van der Waals surface area contributed by atoms with E-state index < -0.39 is 5.82 Å². The summed E-state index contributed by atoms with van der Waals surface area (Å²) in [5.41, 5.74) is 3.76. The highest BCUT2D eigenvalue weighted by Crippen LogP contribution is 2.29. The number of aromatic nitrogens is 2. The van der Waals surface area contributed by atoms with Crippen LogP contribution in [0.5, 0.6) is 0 Å². The SMILES string of the molecule is Cc1ccc(C(NCC(=O)N(C)Cc2cnn(C)c2)c2ccc(F)cc2Cl)cc1. The number of hydrogen-bond donors (Lipinski definition) is 1. The maximum Gasteiger partial charge on any atom is 0.236 e. The first-order valence-corrected chi connectivity index (χ1v) is 9.67. The van der Waals surface area contributed by atoms with E-state index in [4.69, 9.17) is 11.6 Å². The Labute approximate surface area is 175 Å². The third-order valence-electron chi connectivity index (χ3n) is 4.75. The molecule has 1 amide bonds. The Morgan fingerprint density at radius 3 is 2.62 bits per heavy atom. The van der Waals surface area contributed by atoms with E-state index in [0.717, 1.165) is 22.3 Å².